The van der Waals surface area contributed by atoms with Crippen molar-refractivity contribution in [2.24, 2.45) is 0 Å². The highest BCUT2D eigenvalue weighted by molar-refractivity contribution is 5.80. The molecule has 0 aliphatic carbocycles. The minimum atomic E-state index is 1.10. The molecule has 82 valence electrons. The molecule has 0 atom stereocenters. The summed E-state index contributed by atoms with van der Waals surface area (Å²) in [5.41, 5.74) is 5.77. The third-order valence-corrected chi connectivity index (χ3v) is 2.65. The fourth-order valence-corrected chi connectivity index (χ4v) is 1.91. The van der Waals surface area contributed by atoms with Crippen LogP contribution in [-0.4, -0.2) is 0 Å². The van der Waals surface area contributed by atoms with Crippen molar-refractivity contribution < 1.29 is 0 Å². The molecule has 0 aliphatic heterocycles. The third-order valence-electron chi connectivity index (χ3n) is 2.65. The molecule has 1 rings (SSSR count). The van der Waals surface area contributed by atoms with E-state index >= 15 is 0 Å². The van der Waals surface area contributed by atoms with E-state index < -0.39 is 0 Å². The van der Waals surface area contributed by atoms with E-state index in [4.69, 9.17) is 0 Å². The van der Waals surface area contributed by atoms with Crippen molar-refractivity contribution in [2.75, 3.05) is 0 Å². The summed E-state index contributed by atoms with van der Waals surface area (Å²) in [7, 11) is 0. The number of benzene rings is 1. The molecule has 0 heteroatoms. The first kappa shape index (κ1) is 12.3. The Bertz CT molecular complexity index is 459. The molecule has 0 amide bonds. The van der Waals surface area contributed by atoms with Crippen LogP contribution >= 0.6 is 0 Å². The molecule has 0 unspecified atom stereocenters. The number of hydrogen-bond acceptors (Lipinski definition) is 0. The molecule has 0 saturated carbocycles. The van der Waals surface area contributed by atoms with Crippen LogP contribution in [0, 0.1) is 6.92 Å². The zero-order valence-corrected chi connectivity index (χ0v) is 10.1. The SMILES string of the molecule is C=Cc1cc(C)c(/C=C\C)c(C=C)c1C=C. The van der Waals surface area contributed by atoms with E-state index in [9.17, 15) is 0 Å². The van der Waals surface area contributed by atoms with E-state index in [0.29, 0.717) is 0 Å². The predicted octanol–water partition coefficient (Wildman–Crippen LogP) is 4.96. The van der Waals surface area contributed by atoms with Crippen LogP contribution in [0.15, 0.2) is 31.9 Å². The van der Waals surface area contributed by atoms with E-state index in [0.717, 1.165) is 16.7 Å². The highest BCUT2D eigenvalue weighted by Gasteiger charge is 2.08. The largest absolute Gasteiger partial charge is 0.0984 e. The lowest BCUT2D eigenvalue weighted by Crippen LogP contribution is -1.94. The second-order valence-corrected chi connectivity index (χ2v) is 3.64. The first-order chi connectivity index (χ1) is 7.69. The van der Waals surface area contributed by atoms with Crippen molar-refractivity contribution in [3.8, 4) is 0 Å². The normalized spacial score (nSPS) is 10.4. The van der Waals surface area contributed by atoms with E-state index in [1.165, 1.54) is 11.1 Å². The average Bonchev–Trinajstić information content (AvgIpc) is 2.30. The Labute approximate surface area is 98.3 Å². The lowest BCUT2D eigenvalue weighted by molar-refractivity contribution is 1.40. The Morgan fingerprint density at radius 3 is 2.00 bits per heavy atom. The van der Waals surface area contributed by atoms with Gasteiger partial charge in [0.05, 0.1) is 0 Å². The van der Waals surface area contributed by atoms with Gasteiger partial charge in [-0.15, -0.1) is 0 Å². The van der Waals surface area contributed by atoms with Gasteiger partial charge in [0.25, 0.3) is 0 Å². The lowest BCUT2D eigenvalue weighted by Gasteiger charge is -2.13. The maximum absolute atomic E-state index is 3.88. The molecule has 0 saturated heterocycles. The zero-order valence-electron chi connectivity index (χ0n) is 10.1. The maximum atomic E-state index is 3.88. The molecule has 0 radical (unpaired) electrons. The predicted molar refractivity (Wildman–Crippen MR) is 76.2 cm³/mol. The quantitative estimate of drug-likeness (QED) is 0.659. The van der Waals surface area contributed by atoms with Crippen LogP contribution in [0.1, 0.15) is 34.7 Å². The van der Waals surface area contributed by atoms with E-state index in [-0.39, 0.29) is 0 Å². The first-order valence-corrected chi connectivity index (χ1v) is 5.37. The van der Waals surface area contributed by atoms with Gasteiger partial charge in [-0.25, -0.2) is 0 Å². The van der Waals surface area contributed by atoms with E-state index in [2.05, 4.69) is 38.8 Å². The molecule has 0 N–H and O–H groups in total. The summed E-state index contributed by atoms with van der Waals surface area (Å²) in [6.07, 6.45) is 9.74. The van der Waals surface area contributed by atoms with E-state index in [1.807, 2.05) is 31.2 Å². The highest BCUT2D eigenvalue weighted by atomic mass is 14.1. The van der Waals surface area contributed by atoms with Gasteiger partial charge in [-0.05, 0) is 41.7 Å². The van der Waals surface area contributed by atoms with Crippen LogP contribution in [0.25, 0.3) is 24.3 Å². The molecule has 0 spiro atoms. The topological polar surface area (TPSA) is 0 Å². The number of allylic oxidation sites excluding steroid dienone is 1. The van der Waals surface area contributed by atoms with Crippen molar-refractivity contribution in [2.45, 2.75) is 13.8 Å². The van der Waals surface area contributed by atoms with Crippen LogP contribution in [0.5, 0.6) is 0 Å². The molecule has 1 aromatic rings. The zero-order chi connectivity index (χ0) is 12.1. The van der Waals surface area contributed by atoms with Gasteiger partial charge in [-0.1, -0.05) is 56.2 Å². The minimum Gasteiger partial charge on any atom is -0.0984 e. The van der Waals surface area contributed by atoms with Crippen LogP contribution in [-0.2, 0) is 0 Å². The fraction of sp³-hybridized carbons (Fsp3) is 0.125. The van der Waals surface area contributed by atoms with Crippen LogP contribution in [0.2, 0.25) is 0 Å². The molecule has 0 heterocycles. The molecule has 16 heavy (non-hydrogen) atoms. The summed E-state index contributed by atoms with van der Waals surface area (Å²) in [5.74, 6) is 0. The molecule has 0 aliphatic rings. The molecule has 0 bridgehead atoms. The van der Waals surface area contributed by atoms with Gasteiger partial charge in [0.2, 0.25) is 0 Å². The summed E-state index contributed by atoms with van der Waals surface area (Å²) < 4.78 is 0. The molecule has 0 nitrogen and oxygen atoms in total. The Morgan fingerprint density at radius 1 is 0.938 bits per heavy atom. The Morgan fingerprint density at radius 2 is 1.56 bits per heavy atom. The van der Waals surface area contributed by atoms with Gasteiger partial charge in [-0.2, -0.15) is 0 Å². The highest BCUT2D eigenvalue weighted by Crippen LogP contribution is 2.27. The van der Waals surface area contributed by atoms with E-state index in [1.54, 1.807) is 0 Å². The van der Waals surface area contributed by atoms with Crippen molar-refractivity contribution >= 4 is 24.3 Å². The second kappa shape index (κ2) is 5.32. The van der Waals surface area contributed by atoms with Crippen molar-refractivity contribution in [1.29, 1.82) is 0 Å². The second-order valence-electron chi connectivity index (χ2n) is 3.64. The molecular weight excluding hydrogens is 192 g/mol. The van der Waals surface area contributed by atoms with Crippen LogP contribution < -0.4 is 0 Å². The van der Waals surface area contributed by atoms with Crippen molar-refractivity contribution in [3.63, 3.8) is 0 Å². The summed E-state index contributed by atoms with van der Waals surface area (Å²) in [6.45, 7) is 15.7. The molecule has 0 aromatic heterocycles. The number of rotatable bonds is 4. The van der Waals surface area contributed by atoms with Gasteiger partial charge >= 0.3 is 0 Å². The Kier molecular flexibility index (Phi) is 4.07. The molecule has 0 fully saturated rings. The molecule has 1 aromatic carbocycles. The average molecular weight is 210 g/mol. The monoisotopic (exact) mass is 210 g/mol. The van der Waals surface area contributed by atoms with Crippen LogP contribution in [0.4, 0.5) is 0 Å². The maximum Gasteiger partial charge on any atom is -0.0109 e. The number of hydrogen-bond donors (Lipinski definition) is 0. The van der Waals surface area contributed by atoms with Gasteiger partial charge < -0.3 is 0 Å². The summed E-state index contributed by atoms with van der Waals surface area (Å²) >= 11 is 0. The standard InChI is InChI=1S/C16H18/c1-6-10-16-12(5)11-13(7-2)14(8-3)15(16)9-4/h6-11H,2-4H2,1,5H3/b10-6-. The minimum absolute atomic E-state index is 1.10. The number of aryl methyl sites for hydroxylation is 1. The fourth-order valence-electron chi connectivity index (χ4n) is 1.91. The van der Waals surface area contributed by atoms with Crippen molar-refractivity contribution in [1.82, 2.24) is 0 Å². The summed E-state index contributed by atoms with van der Waals surface area (Å²) in [4.78, 5) is 0. The first-order valence-electron chi connectivity index (χ1n) is 5.37. The van der Waals surface area contributed by atoms with Gasteiger partial charge in [0.15, 0.2) is 0 Å². The van der Waals surface area contributed by atoms with Gasteiger partial charge in [0.1, 0.15) is 0 Å². The van der Waals surface area contributed by atoms with Crippen LogP contribution in [0.3, 0.4) is 0 Å². The lowest BCUT2D eigenvalue weighted by atomic mass is 9.91. The van der Waals surface area contributed by atoms with Crippen molar-refractivity contribution in [3.05, 3.63) is 59.7 Å². The summed E-state index contributed by atoms with van der Waals surface area (Å²) in [6, 6.07) is 2.13. The van der Waals surface area contributed by atoms with Gasteiger partial charge in [0, 0.05) is 0 Å². The Balaban J connectivity index is 3.70. The summed E-state index contributed by atoms with van der Waals surface area (Å²) in [5, 5.41) is 0. The van der Waals surface area contributed by atoms with Gasteiger partial charge in [-0.3, -0.25) is 0 Å². The smallest absolute Gasteiger partial charge is 0.0109 e. The Hall–Kier alpha value is -1.82. The molecular formula is C16H18. The third kappa shape index (κ3) is 2.06.